The average molecular weight is 300 g/mol. The smallest absolute Gasteiger partial charge is 0.471 e. The molecule has 0 bridgehead atoms. The lowest BCUT2D eigenvalue weighted by atomic mass is 10.1. The summed E-state index contributed by atoms with van der Waals surface area (Å²) in [5.41, 5.74) is 0.0679. The van der Waals surface area contributed by atoms with Gasteiger partial charge in [-0.2, -0.15) is 13.2 Å². The number of carbonyl (C=O) groups is 1. The van der Waals surface area contributed by atoms with E-state index in [1.54, 1.807) is 17.4 Å². The second-order valence-corrected chi connectivity index (χ2v) is 4.01. The third kappa shape index (κ3) is 2.83. The van der Waals surface area contributed by atoms with Gasteiger partial charge in [0.15, 0.2) is 11.5 Å². The molecule has 0 saturated heterocycles. The number of anilines is 1. The number of amides is 1. The van der Waals surface area contributed by atoms with Gasteiger partial charge in [0.25, 0.3) is 0 Å². The van der Waals surface area contributed by atoms with Crippen LogP contribution < -0.4 is 14.8 Å². The Kier molecular flexibility index (Phi) is 3.88. The molecule has 8 heteroatoms. The Hall–Kier alpha value is -2.51. The maximum absolute atomic E-state index is 12.4. The van der Waals surface area contributed by atoms with Crippen LogP contribution in [0, 0.1) is 0 Å². The summed E-state index contributed by atoms with van der Waals surface area (Å²) in [6.45, 7) is 0. The maximum atomic E-state index is 12.4. The van der Waals surface area contributed by atoms with Crippen LogP contribution >= 0.6 is 0 Å². The molecule has 1 aromatic heterocycles. The van der Waals surface area contributed by atoms with Gasteiger partial charge in [-0.3, -0.25) is 9.78 Å². The van der Waals surface area contributed by atoms with Crippen molar-refractivity contribution in [2.45, 2.75) is 6.18 Å². The van der Waals surface area contributed by atoms with Crippen LogP contribution in [0.3, 0.4) is 0 Å². The Morgan fingerprint density at radius 2 is 2.00 bits per heavy atom. The normalized spacial score (nSPS) is 11.3. The molecule has 0 aliphatic carbocycles. The predicted octanol–water partition coefficient (Wildman–Crippen LogP) is 2.75. The number of hydrogen-bond donors (Lipinski definition) is 1. The number of nitrogens with zero attached hydrogens (tertiary/aromatic N) is 1. The lowest BCUT2D eigenvalue weighted by Crippen LogP contribution is -2.30. The third-order valence-corrected chi connectivity index (χ3v) is 2.74. The van der Waals surface area contributed by atoms with Crippen molar-refractivity contribution in [3.63, 3.8) is 0 Å². The molecule has 0 unspecified atom stereocenters. The number of halogens is 3. The largest absolute Gasteiger partial charge is 0.493 e. The van der Waals surface area contributed by atoms with Crippen LogP contribution in [0.1, 0.15) is 0 Å². The van der Waals surface area contributed by atoms with Gasteiger partial charge in [0, 0.05) is 17.6 Å². The molecular formula is C13H11F3N2O3. The first-order chi connectivity index (χ1) is 9.88. The second kappa shape index (κ2) is 5.47. The Morgan fingerprint density at radius 3 is 2.57 bits per heavy atom. The minimum Gasteiger partial charge on any atom is -0.493 e. The lowest BCUT2D eigenvalue weighted by Gasteiger charge is -2.15. The van der Waals surface area contributed by atoms with Crippen molar-refractivity contribution in [2.24, 2.45) is 0 Å². The van der Waals surface area contributed by atoms with Crippen LogP contribution in [0.15, 0.2) is 24.4 Å². The molecule has 0 fully saturated rings. The van der Waals surface area contributed by atoms with E-state index in [4.69, 9.17) is 9.47 Å². The van der Waals surface area contributed by atoms with Crippen molar-refractivity contribution >= 4 is 22.5 Å². The highest BCUT2D eigenvalue weighted by atomic mass is 19.4. The molecule has 2 aromatic rings. The first-order valence-corrected chi connectivity index (χ1v) is 5.76. The number of hydrogen-bond acceptors (Lipinski definition) is 4. The van der Waals surface area contributed by atoms with Crippen molar-refractivity contribution in [3.8, 4) is 11.5 Å². The maximum Gasteiger partial charge on any atom is 0.471 e. The molecular weight excluding hydrogens is 289 g/mol. The quantitative estimate of drug-likeness (QED) is 0.947. The molecule has 2 rings (SSSR count). The van der Waals surface area contributed by atoms with Crippen molar-refractivity contribution in [1.82, 2.24) is 4.98 Å². The standard InChI is InChI=1S/C13H11F3N2O3/c1-20-9-6-8(18-12(19)13(14,15)16)10-7(11(9)21-2)4-3-5-17-10/h3-6H,1-2H3,(H,18,19). The highest BCUT2D eigenvalue weighted by Crippen LogP contribution is 2.39. The van der Waals surface area contributed by atoms with Gasteiger partial charge < -0.3 is 14.8 Å². The topological polar surface area (TPSA) is 60.5 Å². The Morgan fingerprint density at radius 1 is 1.29 bits per heavy atom. The predicted molar refractivity (Wildman–Crippen MR) is 69.5 cm³/mol. The van der Waals surface area contributed by atoms with Gasteiger partial charge in [-0.05, 0) is 12.1 Å². The number of alkyl halides is 3. The molecule has 0 atom stereocenters. The zero-order valence-corrected chi connectivity index (χ0v) is 11.1. The third-order valence-electron chi connectivity index (χ3n) is 2.74. The van der Waals surface area contributed by atoms with E-state index >= 15 is 0 Å². The van der Waals surface area contributed by atoms with E-state index in [0.29, 0.717) is 11.1 Å². The molecule has 5 nitrogen and oxygen atoms in total. The van der Waals surface area contributed by atoms with E-state index in [1.165, 1.54) is 26.5 Å². The van der Waals surface area contributed by atoms with E-state index in [-0.39, 0.29) is 17.0 Å². The summed E-state index contributed by atoms with van der Waals surface area (Å²) in [6.07, 6.45) is -3.59. The number of ether oxygens (including phenoxy) is 2. The van der Waals surface area contributed by atoms with Crippen molar-refractivity contribution in [2.75, 3.05) is 19.5 Å². The number of methoxy groups -OCH3 is 2. The van der Waals surface area contributed by atoms with Crippen LogP contribution in [0.5, 0.6) is 11.5 Å². The molecule has 1 heterocycles. The number of carbonyl (C=O) groups excluding carboxylic acids is 1. The fourth-order valence-corrected chi connectivity index (χ4v) is 1.85. The van der Waals surface area contributed by atoms with Gasteiger partial charge in [-0.25, -0.2) is 0 Å². The van der Waals surface area contributed by atoms with Crippen LogP contribution in [0.4, 0.5) is 18.9 Å². The molecule has 0 aliphatic rings. The fourth-order valence-electron chi connectivity index (χ4n) is 1.85. The van der Waals surface area contributed by atoms with Gasteiger partial charge in [-0.1, -0.05) is 0 Å². The van der Waals surface area contributed by atoms with Gasteiger partial charge in [0.1, 0.15) is 0 Å². The minimum absolute atomic E-state index is 0.106. The fraction of sp³-hybridized carbons (Fsp3) is 0.231. The first kappa shape index (κ1) is 14.9. The van der Waals surface area contributed by atoms with E-state index in [0.717, 1.165) is 0 Å². The summed E-state index contributed by atoms with van der Waals surface area (Å²) in [7, 11) is 2.74. The SMILES string of the molecule is COc1cc(NC(=O)C(F)(F)F)c2ncccc2c1OC. The van der Waals surface area contributed by atoms with Crippen LogP contribution in [-0.4, -0.2) is 31.3 Å². The van der Waals surface area contributed by atoms with Gasteiger partial charge in [-0.15, -0.1) is 0 Å². The molecule has 21 heavy (non-hydrogen) atoms. The molecule has 1 amide bonds. The van der Waals surface area contributed by atoms with E-state index in [2.05, 4.69) is 4.98 Å². The van der Waals surface area contributed by atoms with Gasteiger partial charge in [0.2, 0.25) is 0 Å². The Balaban J connectivity index is 2.61. The first-order valence-electron chi connectivity index (χ1n) is 5.76. The molecule has 1 N–H and O–H groups in total. The average Bonchev–Trinajstić information content (AvgIpc) is 2.45. The summed E-state index contributed by atoms with van der Waals surface area (Å²) in [5.74, 6) is -1.57. The summed E-state index contributed by atoms with van der Waals surface area (Å²) in [6, 6.07) is 4.43. The molecule has 112 valence electrons. The number of benzene rings is 1. The van der Waals surface area contributed by atoms with E-state index in [9.17, 15) is 18.0 Å². The van der Waals surface area contributed by atoms with Crippen molar-refractivity contribution < 1.29 is 27.4 Å². The minimum atomic E-state index is -4.99. The van der Waals surface area contributed by atoms with E-state index in [1.807, 2.05) is 0 Å². The van der Waals surface area contributed by atoms with Crippen molar-refractivity contribution in [3.05, 3.63) is 24.4 Å². The van der Waals surface area contributed by atoms with Crippen LogP contribution in [0.2, 0.25) is 0 Å². The van der Waals surface area contributed by atoms with Crippen LogP contribution in [0.25, 0.3) is 10.9 Å². The molecule has 0 spiro atoms. The monoisotopic (exact) mass is 300 g/mol. The molecule has 0 aliphatic heterocycles. The number of fused-ring (bicyclic) bond motifs is 1. The van der Waals surface area contributed by atoms with Crippen molar-refractivity contribution in [1.29, 1.82) is 0 Å². The Bertz CT molecular complexity index is 686. The molecule has 0 radical (unpaired) electrons. The number of nitrogens with one attached hydrogen (secondary N) is 1. The van der Waals surface area contributed by atoms with Crippen LogP contribution in [-0.2, 0) is 4.79 Å². The lowest BCUT2D eigenvalue weighted by molar-refractivity contribution is -0.167. The number of pyridine rings is 1. The zero-order valence-electron chi connectivity index (χ0n) is 11.1. The number of aromatic nitrogens is 1. The Labute approximate surface area is 117 Å². The molecule has 0 saturated carbocycles. The van der Waals surface area contributed by atoms with Gasteiger partial charge in [0.05, 0.1) is 25.4 Å². The summed E-state index contributed by atoms with van der Waals surface area (Å²) < 4.78 is 47.4. The molecule has 1 aromatic carbocycles. The summed E-state index contributed by atoms with van der Waals surface area (Å²) in [5, 5.41) is 2.22. The number of rotatable bonds is 3. The van der Waals surface area contributed by atoms with E-state index < -0.39 is 12.1 Å². The van der Waals surface area contributed by atoms with Gasteiger partial charge >= 0.3 is 12.1 Å². The summed E-state index contributed by atoms with van der Waals surface area (Å²) in [4.78, 5) is 15.1. The highest BCUT2D eigenvalue weighted by molar-refractivity contribution is 6.05. The summed E-state index contributed by atoms with van der Waals surface area (Å²) >= 11 is 0. The highest BCUT2D eigenvalue weighted by Gasteiger charge is 2.39. The zero-order chi connectivity index (χ0) is 15.6. The second-order valence-electron chi connectivity index (χ2n) is 4.01.